The highest BCUT2D eigenvalue weighted by Gasteiger charge is 2.27. The van der Waals surface area contributed by atoms with E-state index in [-0.39, 0.29) is 18.4 Å². The van der Waals surface area contributed by atoms with Crippen LogP contribution in [0.15, 0.2) is 0 Å². The zero-order valence-electron chi connectivity index (χ0n) is 17.9. The number of nitrogens with one attached hydrogen (secondary N) is 1. The number of amides is 1. The molecule has 8 heteroatoms. The summed E-state index contributed by atoms with van der Waals surface area (Å²) in [6.07, 6.45) is 4.02. The third-order valence-corrected chi connectivity index (χ3v) is 6.61. The largest absolute Gasteiger partial charge is 0.462 e. The number of ether oxygens (including phenoxy) is 1. The summed E-state index contributed by atoms with van der Waals surface area (Å²) in [5, 5.41) is 8.04. The number of hydrogen-bond acceptors (Lipinski definition) is 6. The molecule has 2 aromatic rings. The summed E-state index contributed by atoms with van der Waals surface area (Å²) in [5.74, 6) is -0.465. The summed E-state index contributed by atoms with van der Waals surface area (Å²) in [4.78, 5) is 28.4. The molecular weight excluding hydrogens is 388 g/mol. The molecule has 1 N–H and O–H groups in total. The number of fused-ring (bicyclic) bond motifs is 1. The first-order valence-electron chi connectivity index (χ1n) is 10.1. The SMILES string of the molecule is CCOC(=O)c1c(NC(=O)CN(C)Cc2c(C)nn(C)c2C)sc2c1CCCC2. The number of esters is 1. The van der Waals surface area contributed by atoms with Crippen molar-refractivity contribution in [2.75, 3.05) is 25.5 Å². The Morgan fingerprint density at radius 1 is 1.28 bits per heavy atom. The van der Waals surface area contributed by atoms with E-state index in [0.29, 0.717) is 23.7 Å². The van der Waals surface area contributed by atoms with Crippen LogP contribution in [0.2, 0.25) is 0 Å². The van der Waals surface area contributed by atoms with Gasteiger partial charge in [-0.15, -0.1) is 11.3 Å². The van der Waals surface area contributed by atoms with Gasteiger partial charge in [-0.05, 0) is 59.1 Å². The van der Waals surface area contributed by atoms with Crippen molar-refractivity contribution in [2.24, 2.45) is 7.05 Å². The van der Waals surface area contributed by atoms with Crippen LogP contribution in [0.5, 0.6) is 0 Å². The molecule has 0 radical (unpaired) electrons. The zero-order valence-corrected chi connectivity index (χ0v) is 18.7. The van der Waals surface area contributed by atoms with Crippen LogP contribution in [-0.4, -0.2) is 46.8 Å². The number of carbonyl (C=O) groups is 2. The van der Waals surface area contributed by atoms with Crippen LogP contribution in [0.3, 0.4) is 0 Å². The summed E-state index contributed by atoms with van der Waals surface area (Å²) < 4.78 is 7.12. The van der Waals surface area contributed by atoms with Gasteiger partial charge >= 0.3 is 5.97 Å². The van der Waals surface area contributed by atoms with E-state index >= 15 is 0 Å². The smallest absolute Gasteiger partial charge is 0.341 e. The predicted molar refractivity (Wildman–Crippen MR) is 115 cm³/mol. The van der Waals surface area contributed by atoms with E-state index in [1.165, 1.54) is 16.2 Å². The molecule has 0 aromatic carbocycles. The minimum atomic E-state index is -0.336. The van der Waals surface area contributed by atoms with Gasteiger partial charge in [0.1, 0.15) is 5.00 Å². The molecule has 0 fully saturated rings. The molecule has 2 heterocycles. The second-order valence-electron chi connectivity index (χ2n) is 7.63. The standard InChI is InChI=1S/C21H30N4O3S/c1-6-28-21(27)19-15-9-7-8-10-17(15)29-20(19)22-18(26)12-24(4)11-16-13(2)23-25(5)14(16)3/h6-12H2,1-5H3,(H,22,26). The van der Waals surface area contributed by atoms with Gasteiger partial charge in [0.25, 0.3) is 0 Å². The molecule has 7 nitrogen and oxygen atoms in total. The van der Waals surface area contributed by atoms with Gasteiger partial charge in [0, 0.05) is 29.7 Å². The number of rotatable bonds is 7. The van der Waals surface area contributed by atoms with Crippen molar-refractivity contribution < 1.29 is 14.3 Å². The van der Waals surface area contributed by atoms with Gasteiger partial charge in [-0.3, -0.25) is 14.4 Å². The molecule has 0 aliphatic heterocycles. The molecule has 0 saturated carbocycles. The molecule has 0 saturated heterocycles. The normalized spacial score (nSPS) is 13.4. The van der Waals surface area contributed by atoms with Gasteiger partial charge in [-0.2, -0.15) is 5.10 Å². The minimum Gasteiger partial charge on any atom is -0.462 e. The van der Waals surface area contributed by atoms with Crippen LogP contribution in [0.25, 0.3) is 0 Å². The average molecular weight is 419 g/mol. The first-order valence-corrected chi connectivity index (χ1v) is 10.9. The van der Waals surface area contributed by atoms with Gasteiger partial charge in [0.15, 0.2) is 0 Å². The number of anilines is 1. The Labute approximate surface area is 176 Å². The van der Waals surface area contributed by atoms with Gasteiger partial charge in [-0.1, -0.05) is 0 Å². The van der Waals surface area contributed by atoms with Gasteiger partial charge in [-0.25, -0.2) is 4.79 Å². The van der Waals surface area contributed by atoms with E-state index in [2.05, 4.69) is 10.4 Å². The molecule has 0 spiro atoms. The van der Waals surface area contributed by atoms with Crippen LogP contribution in [0.4, 0.5) is 5.00 Å². The summed E-state index contributed by atoms with van der Waals surface area (Å²) in [5.41, 5.74) is 4.84. The van der Waals surface area contributed by atoms with E-state index in [9.17, 15) is 9.59 Å². The van der Waals surface area contributed by atoms with E-state index < -0.39 is 0 Å². The topological polar surface area (TPSA) is 76.5 Å². The molecule has 1 amide bonds. The maximum absolute atomic E-state index is 12.7. The van der Waals surface area contributed by atoms with E-state index in [0.717, 1.165) is 48.2 Å². The maximum Gasteiger partial charge on any atom is 0.341 e. The first-order chi connectivity index (χ1) is 13.8. The van der Waals surface area contributed by atoms with Crippen LogP contribution < -0.4 is 5.32 Å². The summed E-state index contributed by atoms with van der Waals surface area (Å²) >= 11 is 1.52. The number of hydrogen-bond donors (Lipinski definition) is 1. The molecule has 3 rings (SSSR count). The summed E-state index contributed by atoms with van der Waals surface area (Å²) in [6.45, 7) is 7.02. The van der Waals surface area contributed by atoms with Crippen LogP contribution >= 0.6 is 11.3 Å². The second-order valence-corrected chi connectivity index (χ2v) is 8.73. The molecule has 1 aliphatic carbocycles. The fourth-order valence-electron chi connectivity index (χ4n) is 3.86. The Balaban J connectivity index is 1.71. The predicted octanol–water partition coefficient (Wildman–Crippen LogP) is 3.22. The number of thiophene rings is 1. The van der Waals surface area contributed by atoms with Gasteiger partial charge < -0.3 is 10.1 Å². The first kappa shape index (κ1) is 21.5. The molecule has 29 heavy (non-hydrogen) atoms. The highest BCUT2D eigenvalue weighted by molar-refractivity contribution is 7.17. The van der Waals surface area contributed by atoms with Crippen LogP contribution in [0, 0.1) is 13.8 Å². The number of aromatic nitrogens is 2. The third-order valence-electron chi connectivity index (χ3n) is 5.40. The molecule has 0 bridgehead atoms. The van der Waals surface area contributed by atoms with Gasteiger partial charge in [0.05, 0.1) is 24.4 Å². The van der Waals surface area contributed by atoms with E-state index in [1.54, 1.807) is 6.92 Å². The van der Waals surface area contributed by atoms with E-state index in [4.69, 9.17) is 4.74 Å². The minimum absolute atomic E-state index is 0.129. The van der Waals surface area contributed by atoms with Crippen LogP contribution in [-0.2, 0) is 36.0 Å². The van der Waals surface area contributed by atoms with Crippen molar-refractivity contribution in [2.45, 2.75) is 53.0 Å². The molecule has 0 unspecified atom stereocenters. The quantitative estimate of drug-likeness (QED) is 0.699. The fourth-order valence-corrected chi connectivity index (χ4v) is 5.15. The maximum atomic E-state index is 12.7. The lowest BCUT2D eigenvalue weighted by atomic mass is 9.95. The molecule has 0 atom stereocenters. The second kappa shape index (κ2) is 9.09. The fraction of sp³-hybridized carbons (Fsp3) is 0.571. The highest BCUT2D eigenvalue weighted by Crippen LogP contribution is 2.38. The summed E-state index contributed by atoms with van der Waals surface area (Å²) in [6, 6.07) is 0. The van der Waals surface area contributed by atoms with Crippen molar-refractivity contribution in [3.63, 3.8) is 0 Å². The molecule has 158 valence electrons. The third kappa shape index (κ3) is 4.70. The Kier molecular flexibility index (Phi) is 6.74. The summed E-state index contributed by atoms with van der Waals surface area (Å²) in [7, 11) is 3.84. The van der Waals surface area contributed by atoms with E-state index in [1.807, 2.05) is 37.5 Å². The number of aryl methyl sites for hydroxylation is 3. The molecule has 2 aromatic heterocycles. The highest BCUT2D eigenvalue weighted by atomic mass is 32.1. The Hall–Kier alpha value is -2.19. The van der Waals surface area contributed by atoms with Crippen molar-refractivity contribution in [1.29, 1.82) is 0 Å². The Bertz CT molecular complexity index is 916. The number of likely N-dealkylation sites (N-methyl/N-ethyl adjacent to an activating group) is 1. The van der Waals surface area contributed by atoms with Crippen molar-refractivity contribution >= 4 is 28.2 Å². The van der Waals surface area contributed by atoms with Crippen molar-refractivity contribution in [3.05, 3.63) is 33.0 Å². The monoisotopic (exact) mass is 418 g/mol. The lowest BCUT2D eigenvalue weighted by Gasteiger charge is -2.17. The Morgan fingerprint density at radius 3 is 2.66 bits per heavy atom. The Morgan fingerprint density at radius 2 is 2.00 bits per heavy atom. The van der Waals surface area contributed by atoms with Crippen molar-refractivity contribution in [3.8, 4) is 0 Å². The average Bonchev–Trinajstić information content (AvgIpc) is 3.13. The zero-order chi connectivity index (χ0) is 21.1. The lowest BCUT2D eigenvalue weighted by Crippen LogP contribution is -2.30. The van der Waals surface area contributed by atoms with Crippen molar-refractivity contribution in [1.82, 2.24) is 14.7 Å². The molecular formula is C21H30N4O3S. The van der Waals surface area contributed by atoms with Gasteiger partial charge in [0.2, 0.25) is 5.91 Å². The number of carbonyl (C=O) groups excluding carboxylic acids is 2. The number of nitrogens with zero attached hydrogens (tertiary/aromatic N) is 3. The lowest BCUT2D eigenvalue weighted by molar-refractivity contribution is -0.117. The van der Waals surface area contributed by atoms with Crippen LogP contribution in [0.1, 0.15) is 57.5 Å². The molecule has 1 aliphatic rings.